The van der Waals surface area contributed by atoms with E-state index in [2.05, 4.69) is 17.6 Å². The summed E-state index contributed by atoms with van der Waals surface area (Å²) >= 11 is 0. The molecule has 1 rings (SSSR count). The van der Waals surface area contributed by atoms with E-state index in [4.69, 9.17) is 5.26 Å². The third-order valence-corrected chi connectivity index (χ3v) is 3.14. The molecule has 0 fully saturated rings. The molecular weight excluding hydrogens is 250 g/mol. The summed E-state index contributed by atoms with van der Waals surface area (Å²) in [4.78, 5) is 12.0. The minimum absolute atomic E-state index is 0.0852. The van der Waals surface area contributed by atoms with Gasteiger partial charge in [-0.15, -0.1) is 0 Å². The largest absolute Gasteiger partial charge is 0.390 e. The van der Waals surface area contributed by atoms with Crippen LogP contribution >= 0.6 is 0 Å². The fourth-order valence-corrected chi connectivity index (χ4v) is 1.68. The predicted molar refractivity (Wildman–Crippen MR) is 81.2 cm³/mol. The van der Waals surface area contributed by atoms with Crippen LogP contribution in [0.4, 0.5) is 5.69 Å². The number of carbonyl (C=O) groups excluding carboxylic acids is 1. The Labute approximate surface area is 120 Å². The van der Waals surface area contributed by atoms with Crippen LogP contribution in [0.1, 0.15) is 30.9 Å². The van der Waals surface area contributed by atoms with Gasteiger partial charge in [0.15, 0.2) is 0 Å². The Morgan fingerprint density at radius 3 is 2.80 bits per heavy atom. The molecule has 0 aliphatic carbocycles. The second-order valence-corrected chi connectivity index (χ2v) is 4.68. The molecule has 1 aromatic carbocycles. The first-order valence-corrected chi connectivity index (χ1v) is 6.81. The molecule has 0 aromatic heterocycles. The zero-order chi connectivity index (χ0) is 15.0. The molecule has 106 valence electrons. The highest BCUT2D eigenvalue weighted by molar-refractivity contribution is 6.06. The van der Waals surface area contributed by atoms with Crippen LogP contribution in [0.5, 0.6) is 0 Å². The number of unbranched alkanes of at least 4 members (excludes halogenated alkanes) is 1. The molecule has 4 nitrogen and oxygen atoms in total. The van der Waals surface area contributed by atoms with Gasteiger partial charge in [0, 0.05) is 18.4 Å². The molecule has 1 aromatic rings. The molecule has 2 N–H and O–H groups in total. The fraction of sp³-hybridized carbons (Fsp3) is 0.375. The van der Waals surface area contributed by atoms with Gasteiger partial charge in [-0.2, -0.15) is 5.26 Å². The van der Waals surface area contributed by atoms with Gasteiger partial charge in [0.2, 0.25) is 0 Å². The molecule has 0 heterocycles. The molecule has 0 spiro atoms. The van der Waals surface area contributed by atoms with Gasteiger partial charge in [-0.05, 0) is 37.5 Å². The average Bonchev–Trinajstić information content (AvgIpc) is 2.44. The standard InChI is InChI=1S/C16H21N3O/c1-4-5-9-18-11-14(10-17)16(20)19-15-8-6-7-12(2)13(15)3/h6-8,11,18H,4-5,9H2,1-3H3,(H,19,20)/b14-11-. The van der Waals surface area contributed by atoms with Crippen molar-refractivity contribution in [3.8, 4) is 6.07 Å². The number of nitrogens with zero attached hydrogens (tertiary/aromatic N) is 1. The van der Waals surface area contributed by atoms with Crippen LogP contribution in [0, 0.1) is 25.2 Å². The van der Waals surface area contributed by atoms with E-state index in [0.717, 1.165) is 36.2 Å². The summed E-state index contributed by atoms with van der Waals surface area (Å²) in [7, 11) is 0. The number of benzene rings is 1. The summed E-state index contributed by atoms with van der Waals surface area (Å²) < 4.78 is 0. The summed E-state index contributed by atoms with van der Waals surface area (Å²) in [6, 6.07) is 7.62. The molecular formula is C16H21N3O. The maximum atomic E-state index is 12.0. The molecule has 1 amide bonds. The Morgan fingerprint density at radius 1 is 1.40 bits per heavy atom. The number of anilines is 1. The summed E-state index contributed by atoms with van der Waals surface area (Å²) in [6.45, 7) is 6.78. The topological polar surface area (TPSA) is 64.9 Å². The van der Waals surface area contributed by atoms with Crippen molar-refractivity contribution >= 4 is 11.6 Å². The summed E-state index contributed by atoms with van der Waals surface area (Å²) in [5.41, 5.74) is 2.94. The lowest BCUT2D eigenvalue weighted by Crippen LogP contribution is -2.17. The fourth-order valence-electron chi connectivity index (χ4n) is 1.68. The highest BCUT2D eigenvalue weighted by Gasteiger charge is 2.10. The van der Waals surface area contributed by atoms with Gasteiger partial charge < -0.3 is 10.6 Å². The normalized spacial score (nSPS) is 10.8. The lowest BCUT2D eigenvalue weighted by molar-refractivity contribution is -0.112. The van der Waals surface area contributed by atoms with Crippen LogP contribution in [-0.4, -0.2) is 12.5 Å². The second-order valence-electron chi connectivity index (χ2n) is 4.68. The van der Waals surface area contributed by atoms with E-state index in [1.165, 1.54) is 6.20 Å². The SMILES string of the molecule is CCCCN/C=C(/C#N)C(=O)Nc1cccc(C)c1C. The third kappa shape index (κ3) is 4.43. The van der Waals surface area contributed by atoms with Crippen molar-refractivity contribution in [1.29, 1.82) is 5.26 Å². The second kappa shape index (κ2) is 8.00. The van der Waals surface area contributed by atoms with Gasteiger partial charge in [0.1, 0.15) is 11.6 Å². The van der Waals surface area contributed by atoms with Crippen molar-refractivity contribution in [3.05, 3.63) is 41.1 Å². The highest BCUT2D eigenvalue weighted by atomic mass is 16.1. The monoisotopic (exact) mass is 271 g/mol. The van der Waals surface area contributed by atoms with E-state index in [1.807, 2.05) is 38.1 Å². The number of amides is 1. The number of rotatable bonds is 6. The van der Waals surface area contributed by atoms with Crippen molar-refractivity contribution < 1.29 is 4.79 Å². The van der Waals surface area contributed by atoms with Crippen LogP contribution in [0.3, 0.4) is 0 Å². The van der Waals surface area contributed by atoms with E-state index in [1.54, 1.807) is 0 Å². The Morgan fingerprint density at radius 2 is 2.15 bits per heavy atom. The summed E-state index contributed by atoms with van der Waals surface area (Å²) in [5.74, 6) is -0.384. The van der Waals surface area contributed by atoms with Gasteiger partial charge in [-0.1, -0.05) is 25.5 Å². The lowest BCUT2D eigenvalue weighted by atomic mass is 10.1. The first-order valence-electron chi connectivity index (χ1n) is 6.81. The predicted octanol–water partition coefficient (Wildman–Crippen LogP) is 3.04. The number of carbonyl (C=O) groups is 1. The highest BCUT2D eigenvalue weighted by Crippen LogP contribution is 2.18. The Bertz CT molecular complexity index is 541. The molecule has 0 saturated heterocycles. The molecule has 0 unspecified atom stereocenters. The zero-order valence-electron chi connectivity index (χ0n) is 12.3. The molecule has 0 bridgehead atoms. The van der Waals surface area contributed by atoms with Crippen LogP contribution in [-0.2, 0) is 4.79 Å². The van der Waals surface area contributed by atoms with Gasteiger partial charge in [-0.25, -0.2) is 0 Å². The van der Waals surface area contributed by atoms with E-state index in [9.17, 15) is 4.79 Å². The molecule has 0 saturated carbocycles. The Hall–Kier alpha value is -2.28. The van der Waals surface area contributed by atoms with Gasteiger partial charge in [0.05, 0.1) is 0 Å². The van der Waals surface area contributed by atoms with Gasteiger partial charge in [-0.3, -0.25) is 4.79 Å². The van der Waals surface area contributed by atoms with Crippen molar-refractivity contribution in [2.24, 2.45) is 0 Å². The molecule has 0 aliphatic heterocycles. The minimum atomic E-state index is -0.384. The van der Waals surface area contributed by atoms with Gasteiger partial charge in [0.25, 0.3) is 5.91 Å². The molecule has 0 atom stereocenters. The quantitative estimate of drug-likeness (QED) is 0.475. The lowest BCUT2D eigenvalue weighted by Gasteiger charge is -2.10. The summed E-state index contributed by atoms with van der Waals surface area (Å²) in [6.07, 6.45) is 3.56. The van der Waals surface area contributed by atoms with Crippen molar-refractivity contribution in [1.82, 2.24) is 5.32 Å². The van der Waals surface area contributed by atoms with E-state index in [-0.39, 0.29) is 11.5 Å². The van der Waals surface area contributed by atoms with Crippen LogP contribution in [0.25, 0.3) is 0 Å². The minimum Gasteiger partial charge on any atom is -0.390 e. The van der Waals surface area contributed by atoms with Crippen molar-refractivity contribution in [2.45, 2.75) is 33.6 Å². The number of nitriles is 1. The van der Waals surface area contributed by atoms with E-state index in [0.29, 0.717) is 0 Å². The van der Waals surface area contributed by atoms with Crippen LogP contribution in [0.15, 0.2) is 30.0 Å². The Balaban J connectivity index is 2.73. The first-order chi connectivity index (χ1) is 9.60. The number of nitrogens with one attached hydrogen (secondary N) is 2. The maximum absolute atomic E-state index is 12.0. The maximum Gasteiger partial charge on any atom is 0.267 e. The Kier molecular flexibility index (Phi) is 6.31. The van der Waals surface area contributed by atoms with Crippen molar-refractivity contribution in [2.75, 3.05) is 11.9 Å². The van der Waals surface area contributed by atoms with E-state index >= 15 is 0 Å². The van der Waals surface area contributed by atoms with Gasteiger partial charge >= 0.3 is 0 Å². The third-order valence-electron chi connectivity index (χ3n) is 3.14. The van der Waals surface area contributed by atoms with E-state index < -0.39 is 0 Å². The number of hydrogen-bond donors (Lipinski definition) is 2. The van der Waals surface area contributed by atoms with Crippen LogP contribution < -0.4 is 10.6 Å². The average molecular weight is 271 g/mol. The molecule has 0 radical (unpaired) electrons. The zero-order valence-corrected chi connectivity index (χ0v) is 12.3. The summed E-state index contributed by atoms with van der Waals surface area (Å²) in [5, 5.41) is 14.8. The number of aryl methyl sites for hydroxylation is 1. The van der Waals surface area contributed by atoms with Crippen LogP contribution in [0.2, 0.25) is 0 Å². The molecule has 4 heteroatoms. The number of hydrogen-bond acceptors (Lipinski definition) is 3. The molecule has 20 heavy (non-hydrogen) atoms. The first kappa shape index (κ1) is 15.8. The molecule has 0 aliphatic rings. The van der Waals surface area contributed by atoms with Crippen molar-refractivity contribution in [3.63, 3.8) is 0 Å². The smallest absolute Gasteiger partial charge is 0.267 e.